The maximum Gasteiger partial charge on any atom is 0.224 e. The topological polar surface area (TPSA) is 62.1 Å². The van der Waals surface area contributed by atoms with Gasteiger partial charge in [-0.05, 0) is 43.2 Å². The molecule has 0 aliphatic heterocycles. The van der Waals surface area contributed by atoms with Crippen LogP contribution >= 0.6 is 0 Å². The number of ether oxygens (including phenoxy) is 1. The zero-order chi connectivity index (χ0) is 16.5. The molecule has 0 fully saturated rings. The van der Waals surface area contributed by atoms with Crippen LogP contribution in [-0.2, 0) is 11.2 Å². The third-order valence-electron chi connectivity index (χ3n) is 3.36. The number of nitrogens with one attached hydrogen (secondary N) is 1. The van der Waals surface area contributed by atoms with E-state index in [1.807, 2.05) is 55.5 Å². The minimum absolute atomic E-state index is 0.0365. The molecule has 0 heterocycles. The molecule has 0 saturated heterocycles. The molecule has 4 heteroatoms. The Bertz CT molecular complexity index is 670. The Morgan fingerprint density at radius 1 is 1.13 bits per heavy atom. The highest BCUT2D eigenvalue weighted by Crippen LogP contribution is 2.13. The van der Waals surface area contributed by atoms with Crippen LogP contribution in [0.4, 0.5) is 5.69 Å². The molecule has 0 aliphatic rings. The highest BCUT2D eigenvalue weighted by molar-refractivity contribution is 5.90. The number of hydrogen-bond acceptors (Lipinski definition) is 3. The third-order valence-corrected chi connectivity index (χ3v) is 3.36. The van der Waals surface area contributed by atoms with Crippen LogP contribution in [0.15, 0.2) is 48.5 Å². The van der Waals surface area contributed by atoms with Crippen LogP contribution in [0, 0.1) is 18.3 Å². The van der Waals surface area contributed by atoms with E-state index in [0.29, 0.717) is 25.9 Å². The van der Waals surface area contributed by atoms with Gasteiger partial charge >= 0.3 is 0 Å². The first-order valence-electron chi connectivity index (χ1n) is 7.62. The van der Waals surface area contributed by atoms with Crippen LogP contribution in [0.25, 0.3) is 0 Å². The molecule has 2 rings (SSSR count). The maximum absolute atomic E-state index is 11.9. The van der Waals surface area contributed by atoms with E-state index < -0.39 is 0 Å². The molecule has 0 aliphatic carbocycles. The first-order chi connectivity index (χ1) is 11.2. The molecule has 0 radical (unpaired) electrons. The number of amides is 1. The Morgan fingerprint density at radius 2 is 1.83 bits per heavy atom. The molecular weight excluding hydrogens is 288 g/mol. The van der Waals surface area contributed by atoms with Crippen LogP contribution in [0.1, 0.15) is 24.0 Å². The van der Waals surface area contributed by atoms with Crippen LogP contribution in [0.2, 0.25) is 0 Å². The van der Waals surface area contributed by atoms with Crippen LogP contribution in [-0.4, -0.2) is 12.5 Å². The third kappa shape index (κ3) is 5.84. The number of benzene rings is 2. The number of aryl methyl sites for hydroxylation is 1. The summed E-state index contributed by atoms with van der Waals surface area (Å²) in [4.78, 5) is 11.9. The van der Waals surface area contributed by atoms with Gasteiger partial charge in [-0.1, -0.05) is 29.8 Å². The number of nitrogens with zero attached hydrogens (tertiary/aromatic N) is 1. The van der Waals surface area contributed by atoms with Crippen molar-refractivity contribution in [2.45, 2.75) is 26.2 Å². The number of nitriles is 1. The first-order valence-corrected chi connectivity index (χ1v) is 7.62. The molecule has 0 bridgehead atoms. The molecule has 0 unspecified atom stereocenters. The van der Waals surface area contributed by atoms with Crippen molar-refractivity contribution in [2.24, 2.45) is 0 Å². The Balaban J connectivity index is 1.68. The van der Waals surface area contributed by atoms with Crippen LogP contribution in [0.5, 0.6) is 5.75 Å². The molecule has 0 atom stereocenters. The minimum atomic E-state index is -0.0365. The monoisotopic (exact) mass is 308 g/mol. The highest BCUT2D eigenvalue weighted by Gasteiger charge is 2.03. The van der Waals surface area contributed by atoms with Crippen LogP contribution in [0.3, 0.4) is 0 Å². The van der Waals surface area contributed by atoms with Crippen molar-refractivity contribution < 1.29 is 9.53 Å². The minimum Gasteiger partial charge on any atom is -0.494 e. The van der Waals surface area contributed by atoms with E-state index >= 15 is 0 Å². The van der Waals surface area contributed by atoms with E-state index in [0.717, 1.165) is 17.0 Å². The number of carbonyl (C=O) groups excluding carboxylic acids is 1. The van der Waals surface area contributed by atoms with Crippen molar-refractivity contribution in [3.63, 3.8) is 0 Å². The van der Waals surface area contributed by atoms with Gasteiger partial charge in [-0.15, -0.1) is 0 Å². The molecule has 1 amide bonds. The fourth-order valence-corrected chi connectivity index (χ4v) is 2.08. The number of hydrogen-bond donors (Lipinski definition) is 1. The number of carbonyl (C=O) groups is 1. The predicted molar refractivity (Wildman–Crippen MR) is 90.3 cm³/mol. The standard InChI is InChI=1S/C19H20N2O2/c1-15-4-10-18(11-5-15)23-14-2-3-19(22)21-17-8-6-16(7-9-17)12-13-20/h4-11H,2-3,12,14H2,1H3,(H,21,22). The summed E-state index contributed by atoms with van der Waals surface area (Å²) in [6.07, 6.45) is 1.45. The molecule has 23 heavy (non-hydrogen) atoms. The summed E-state index contributed by atoms with van der Waals surface area (Å²) in [6.45, 7) is 2.54. The molecule has 0 saturated carbocycles. The molecule has 0 spiro atoms. The highest BCUT2D eigenvalue weighted by atomic mass is 16.5. The van der Waals surface area contributed by atoms with Gasteiger partial charge in [0.05, 0.1) is 19.1 Å². The molecule has 1 N–H and O–H groups in total. The van der Waals surface area contributed by atoms with Gasteiger partial charge in [0, 0.05) is 12.1 Å². The quantitative estimate of drug-likeness (QED) is 0.790. The zero-order valence-electron chi connectivity index (χ0n) is 13.2. The summed E-state index contributed by atoms with van der Waals surface area (Å²) in [7, 11) is 0. The second kappa shape index (κ2) is 8.60. The van der Waals surface area contributed by atoms with Gasteiger partial charge in [-0.25, -0.2) is 0 Å². The molecular formula is C19H20N2O2. The first kappa shape index (κ1) is 16.6. The fraction of sp³-hybridized carbons (Fsp3) is 0.263. The van der Waals surface area contributed by atoms with E-state index in [1.165, 1.54) is 5.56 Å². The molecule has 2 aromatic carbocycles. The van der Waals surface area contributed by atoms with Crippen molar-refractivity contribution in [3.05, 3.63) is 59.7 Å². The Labute approximate surface area is 136 Å². The summed E-state index contributed by atoms with van der Waals surface area (Å²) in [5.41, 5.74) is 2.88. The average Bonchev–Trinajstić information content (AvgIpc) is 2.55. The number of rotatable bonds is 7. The average molecular weight is 308 g/mol. The van der Waals surface area contributed by atoms with Gasteiger partial charge in [0.25, 0.3) is 0 Å². The van der Waals surface area contributed by atoms with Crippen molar-refractivity contribution in [2.75, 3.05) is 11.9 Å². The second-order valence-electron chi connectivity index (χ2n) is 5.35. The fourth-order valence-electron chi connectivity index (χ4n) is 2.08. The lowest BCUT2D eigenvalue weighted by molar-refractivity contribution is -0.116. The summed E-state index contributed by atoms with van der Waals surface area (Å²) in [5.74, 6) is 0.787. The summed E-state index contributed by atoms with van der Waals surface area (Å²) in [5, 5.41) is 11.5. The van der Waals surface area contributed by atoms with Crippen molar-refractivity contribution in [3.8, 4) is 11.8 Å². The van der Waals surface area contributed by atoms with E-state index in [2.05, 4.69) is 11.4 Å². The lowest BCUT2D eigenvalue weighted by atomic mass is 10.1. The van der Waals surface area contributed by atoms with Gasteiger partial charge in [0.1, 0.15) is 5.75 Å². The summed E-state index contributed by atoms with van der Waals surface area (Å²) in [6, 6.07) is 17.3. The van der Waals surface area contributed by atoms with Gasteiger partial charge < -0.3 is 10.1 Å². The van der Waals surface area contributed by atoms with Gasteiger partial charge in [0.15, 0.2) is 0 Å². The van der Waals surface area contributed by atoms with E-state index in [9.17, 15) is 4.79 Å². The summed E-state index contributed by atoms with van der Waals surface area (Å²) >= 11 is 0. The number of anilines is 1. The Kier molecular flexibility index (Phi) is 6.19. The van der Waals surface area contributed by atoms with Crippen molar-refractivity contribution >= 4 is 11.6 Å². The lowest BCUT2D eigenvalue weighted by Gasteiger charge is -2.07. The second-order valence-corrected chi connectivity index (χ2v) is 5.35. The lowest BCUT2D eigenvalue weighted by Crippen LogP contribution is -2.12. The largest absolute Gasteiger partial charge is 0.494 e. The maximum atomic E-state index is 11.9. The van der Waals surface area contributed by atoms with E-state index in [1.54, 1.807) is 0 Å². The van der Waals surface area contributed by atoms with Crippen LogP contribution < -0.4 is 10.1 Å². The van der Waals surface area contributed by atoms with E-state index in [-0.39, 0.29) is 5.91 Å². The molecule has 118 valence electrons. The molecule has 4 nitrogen and oxygen atoms in total. The van der Waals surface area contributed by atoms with Gasteiger partial charge in [-0.3, -0.25) is 4.79 Å². The normalized spacial score (nSPS) is 9.91. The van der Waals surface area contributed by atoms with Gasteiger partial charge in [0.2, 0.25) is 5.91 Å². The summed E-state index contributed by atoms with van der Waals surface area (Å²) < 4.78 is 5.59. The van der Waals surface area contributed by atoms with Gasteiger partial charge in [-0.2, -0.15) is 5.26 Å². The van der Waals surface area contributed by atoms with E-state index in [4.69, 9.17) is 10.00 Å². The molecule has 2 aromatic rings. The smallest absolute Gasteiger partial charge is 0.224 e. The van der Waals surface area contributed by atoms with Crippen molar-refractivity contribution in [1.82, 2.24) is 0 Å². The Morgan fingerprint density at radius 3 is 2.48 bits per heavy atom. The van der Waals surface area contributed by atoms with Crippen molar-refractivity contribution in [1.29, 1.82) is 5.26 Å². The molecule has 0 aromatic heterocycles. The predicted octanol–water partition coefficient (Wildman–Crippen LogP) is 3.86. The Hall–Kier alpha value is -2.80. The zero-order valence-corrected chi connectivity index (χ0v) is 13.2. The SMILES string of the molecule is Cc1ccc(OCCCC(=O)Nc2ccc(CC#N)cc2)cc1.